The number of nitrogens with zero attached hydrogens (tertiary/aromatic N) is 1. The highest BCUT2D eigenvalue weighted by atomic mass is 32.2. The Bertz CT molecular complexity index is 1650. The minimum Gasteiger partial charge on any atom is -0.478 e. The van der Waals surface area contributed by atoms with Crippen LogP contribution in [0.3, 0.4) is 0 Å². The van der Waals surface area contributed by atoms with E-state index in [-0.39, 0.29) is 44.8 Å². The van der Waals surface area contributed by atoms with Crippen LogP contribution in [0.4, 0.5) is 23.2 Å². The number of carboxylic acid groups (broad SMARTS) is 1. The van der Waals surface area contributed by atoms with Crippen LogP contribution < -0.4 is 10.1 Å². The van der Waals surface area contributed by atoms with Gasteiger partial charge in [-0.1, -0.05) is 30.0 Å². The van der Waals surface area contributed by atoms with Gasteiger partial charge in [0.05, 0.1) is 10.5 Å². The molecular formula is C27H18F4N2O6S3. The zero-order chi connectivity index (χ0) is 30.8. The maximum Gasteiger partial charge on any atom is 0.419 e. The fourth-order valence-corrected chi connectivity index (χ4v) is 6.00. The van der Waals surface area contributed by atoms with Gasteiger partial charge in [0.1, 0.15) is 21.5 Å². The topological polar surface area (TPSA) is 113 Å². The monoisotopic (exact) mass is 638 g/mol. The van der Waals surface area contributed by atoms with Gasteiger partial charge >= 0.3 is 18.1 Å². The molecule has 0 aliphatic carbocycles. The van der Waals surface area contributed by atoms with Gasteiger partial charge in [-0.15, -0.1) is 11.3 Å². The van der Waals surface area contributed by atoms with Crippen LogP contribution in [0.15, 0.2) is 52.7 Å². The number of hydrogen-bond donors (Lipinski definition) is 2. The van der Waals surface area contributed by atoms with Gasteiger partial charge in [-0.25, -0.2) is 9.18 Å². The molecule has 1 aliphatic heterocycles. The number of alkyl halides is 3. The number of thioether (sulfide) groups is 1. The fraction of sp³-hybridized carbons (Fsp3) is 0.148. The van der Waals surface area contributed by atoms with Gasteiger partial charge in [-0.05, 0) is 52.9 Å². The lowest BCUT2D eigenvalue weighted by Crippen LogP contribution is -2.31. The summed E-state index contributed by atoms with van der Waals surface area (Å²) in [7, 11) is 0. The van der Waals surface area contributed by atoms with Gasteiger partial charge < -0.3 is 15.2 Å². The molecule has 1 fully saturated rings. The molecule has 2 aromatic carbocycles. The highest BCUT2D eigenvalue weighted by Crippen LogP contribution is 2.37. The molecule has 0 spiro atoms. The first-order chi connectivity index (χ1) is 19.7. The van der Waals surface area contributed by atoms with E-state index >= 15 is 0 Å². The second-order valence-electron chi connectivity index (χ2n) is 8.67. The zero-order valence-corrected chi connectivity index (χ0v) is 23.7. The van der Waals surface area contributed by atoms with Gasteiger partial charge in [0, 0.05) is 36.5 Å². The summed E-state index contributed by atoms with van der Waals surface area (Å²) < 4.78 is 58.0. The number of ether oxygens (including phenoxy) is 1. The number of thiocarbonyl (C=S) groups is 1. The first-order valence-electron chi connectivity index (χ1n) is 11.8. The van der Waals surface area contributed by atoms with Gasteiger partial charge in [0.15, 0.2) is 0 Å². The van der Waals surface area contributed by atoms with Crippen LogP contribution in [0.2, 0.25) is 0 Å². The summed E-state index contributed by atoms with van der Waals surface area (Å²) >= 11 is 7.45. The number of nitrogens with one attached hydrogen (secondary N) is 1. The second-order valence-corrected chi connectivity index (χ2v) is 11.3. The predicted molar refractivity (Wildman–Crippen MR) is 153 cm³/mol. The first kappa shape index (κ1) is 30.9. The molecule has 1 aliphatic rings. The van der Waals surface area contributed by atoms with Crippen molar-refractivity contribution in [1.82, 2.24) is 4.90 Å². The molecule has 1 saturated heterocycles. The lowest BCUT2D eigenvalue weighted by atomic mass is 10.0. The number of thiophene rings is 1. The number of esters is 1. The fourth-order valence-electron chi connectivity index (χ4n) is 3.78. The molecule has 0 atom stereocenters. The molecule has 2 amide bonds. The van der Waals surface area contributed by atoms with Crippen molar-refractivity contribution in [2.75, 3.05) is 11.9 Å². The third kappa shape index (κ3) is 7.21. The van der Waals surface area contributed by atoms with Crippen LogP contribution in [0.25, 0.3) is 17.2 Å². The SMILES string of the molecule is CC(=O)Oc1cc(NC(=O)CCN2C(=O)C(=Cc3cc(-c4ccc(F)c(C(F)(F)F)c4)cs3)SC2=S)ccc1C(=O)O. The van der Waals surface area contributed by atoms with Crippen molar-refractivity contribution in [2.45, 2.75) is 19.5 Å². The number of aromatic carboxylic acids is 1. The number of anilines is 1. The Hall–Kier alpha value is -4.08. The van der Waals surface area contributed by atoms with Crippen LogP contribution in [0, 0.1) is 5.82 Å². The third-order valence-electron chi connectivity index (χ3n) is 5.68. The zero-order valence-electron chi connectivity index (χ0n) is 21.3. The normalized spacial score (nSPS) is 14.4. The number of hydrogen-bond acceptors (Lipinski definition) is 8. The van der Waals surface area contributed by atoms with Crippen LogP contribution in [-0.2, 0) is 20.6 Å². The van der Waals surface area contributed by atoms with Crippen molar-refractivity contribution in [2.24, 2.45) is 0 Å². The van der Waals surface area contributed by atoms with Crippen molar-refractivity contribution >= 4 is 75.2 Å². The van der Waals surface area contributed by atoms with Crippen LogP contribution in [0.5, 0.6) is 5.75 Å². The van der Waals surface area contributed by atoms with Crippen LogP contribution in [0.1, 0.15) is 34.1 Å². The van der Waals surface area contributed by atoms with Crippen molar-refractivity contribution in [3.63, 3.8) is 0 Å². The van der Waals surface area contributed by atoms with E-state index in [1.54, 1.807) is 11.4 Å². The minimum absolute atomic E-state index is 0.0661. The molecule has 4 rings (SSSR count). The molecule has 0 saturated carbocycles. The number of carboxylic acids is 1. The summed E-state index contributed by atoms with van der Waals surface area (Å²) in [6.07, 6.45) is -3.48. The van der Waals surface area contributed by atoms with Crippen molar-refractivity contribution in [1.29, 1.82) is 0 Å². The standard InChI is InChI=1S/C27H18F4N2O6S3/c1-13(34)39-21-10-16(3-4-18(21)25(37)38)32-23(35)6-7-33-24(36)22(42-26(33)40)11-17-8-15(12-41-17)14-2-5-20(28)19(9-14)27(29,30)31/h2-5,8-12H,6-7H2,1H3,(H,32,35)(H,37,38). The Kier molecular flexibility index (Phi) is 9.13. The molecule has 0 unspecified atom stereocenters. The van der Waals surface area contributed by atoms with E-state index in [9.17, 15) is 41.8 Å². The highest BCUT2D eigenvalue weighted by molar-refractivity contribution is 8.26. The summed E-state index contributed by atoms with van der Waals surface area (Å²) in [5, 5.41) is 13.4. The number of carbonyl (C=O) groups excluding carboxylic acids is 3. The molecule has 3 aromatic rings. The summed E-state index contributed by atoms with van der Waals surface area (Å²) in [6.45, 7) is 1.03. The maximum absolute atomic E-state index is 13.6. The molecular weight excluding hydrogens is 620 g/mol. The first-order valence-corrected chi connectivity index (χ1v) is 13.9. The predicted octanol–water partition coefficient (Wildman–Crippen LogP) is 6.43. The molecule has 218 valence electrons. The summed E-state index contributed by atoms with van der Waals surface area (Å²) in [5.74, 6) is -4.67. The molecule has 42 heavy (non-hydrogen) atoms. The van der Waals surface area contributed by atoms with E-state index in [4.69, 9.17) is 17.0 Å². The molecule has 1 aromatic heterocycles. The minimum atomic E-state index is -4.85. The van der Waals surface area contributed by atoms with Crippen LogP contribution >= 0.6 is 35.3 Å². The van der Waals surface area contributed by atoms with Crippen molar-refractivity contribution in [3.8, 4) is 16.9 Å². The summed E-state index contributed by atoms with van der Waals surface area (Å²) in [5.41, 5.74) is -0.898. The maximum atomic E-state index is 13.6. The number of halogens is 4. The Morgan fingerprint density at radius 3 is 2.52 bits per heavy atom. The molecule has 8 nitrogen and oxygen atoms in total. The quantitative estimate of drug-likeness (QED) is 0.0955. The average molecular weight is 639 g/mol. The summed E-state index contributed by atoms with van der Waals surface area (Å²) in [6, 6.07) is 7.96. The molecule has 15 heteroatoms. The molecule has 2 N–H and O–H groups in total. The van der Waals surface area contributed by atoms with E-state index in [0.29, 0.717) is 10.4 Å². The third-order valence-corrected chi connectivity index (χ3v) is 7.94. The van der Waals surface area contributed by atoms with Crippen molar-refractivity contribution < 1.29 is 46.6 Å². The average Bonchev–Trinajstić information content (AvgIpc) is 3.46. The smallest absolute Gasteiger partial charge is 0.419 e. The van der Waals surface area contributed by atoms with Crippen LogP contribution in [-0.4, -0.2) is 44.6 Å². The second kappa shape index (κ2) is 12.4. The molecule has 0 bridgehead atoms. The van der Waals surface area contributed by atoms with E-state index in [2.05, 4.69) is 5.32 Å². The van der Waals surface area contributed by atoms with Gasteiger partial charge in [-0.3, -0.25) is 19.3 Å². The lowest BCUT2D eigenvalue weighted by Gasteiger charge is -2.14. The Balaban J connectivity index is 1.41. The molecule has 2 heterocycles. The lowest BCUT2D eigenvalue weighted by molar-refractivity contribution is -0.140. The highest BCUT2D eigenvalue weighted by Gasteiger charge is 2.35. The number of rotatable bonds is 8. The number of amides is 2. The summed E-state index contributed by atoms with van der Waals surface area (Å²) in [4.78, 5) is 50.1. The van der Waals surface area contributed by atoms with Gasteiger partial charge in [0.25, 0.3) is 5.91 Å². The van der Waals surface area contributed by atoms with E-state index in [0.717, 1.165) is 30.8 Å². The van der Waals surface area contributed by atoms with Gasteiger partial charge in [0.2, 0.25) is 5.91 Å². The Labute approximate surface area is 249 Å². The Morgan fingerprint density at radius 2 is 1.86 bits per heavy atom. The van der Waals surface area contributed by atoms with E-state index in [1.165, 1.54) is 46.6 Å². The largest absolute Gasteiger partial charge is 0.478 e. The van der Waals surface area contributed by atoms with Crippen molar-refractivity contribution in [3.05, 3.63) is 74.6 Å². The Morgan fingerprint density at radius 1 is 1.12 bits per heavy atom. The van der Waals surface area contributed by atoms with Gasteiger partial charge in [-0.2, -0.15) is 13.2 Å². The molecule has 0 radical (unpaired) electrons. The number of benzene rings is 2. The van der Waals surface area contributed by atoms with E-state index in [1.807, 2.05) is 0 Å². The van der Waals surface area contributed by atoms with E-state index < -0.39 is 41.3 Å². The number of carbonyl (C=O) groups is 4.